The second kappa shape index (κ2) is 4.12. The number of nitrogens with zero attached hydrogens (tertiary/aromatic N) is 1. The summed E-state index contributed by atoms with van der Waals surface area (Å²) >= 11 is 0. The van der Waals surface area contributed by atoms with Gasteiger partial charge in [0, 0.05) is 24.8 Å². The largest absolute Gasteiger partial charge is 0.493 e. The molecule has 6 heteroatoms. The topological polar surface area (TPSA) is 76.0 Å². The molecule has 2 N–H and O–H groups in total. The molecule has 5 rings (SSSR count). The Morgan fingerprint density at radius 3 is 2.92 bits per heavy atom. The van der Waals surface area contributed by atoms with Crippen molar-refractivity contribution < 1.29 is 29.2 Å². The third-order valence-corrected chi connectivity index (χ3v) is 6.97. The standard InChI is InChI=1S/C18H22NO5/c1-19(22)8-7-17-14-10-3-4-12(23-2)15(14)24-16(17)11(20)5-6-18(17,21)13(19)9-10/h3-4,13,16,21-22H,5-9H2,1-2H3/q+1/t13-,16+,17+,18-,19?/m1/s1. The van der Waals surface area contributed by atoms with Gasteiger partial charge in [-0.25, -0.2) is 5.21 Å². The fraction of sp³-hybridized carbons (Fsp3) is 0.611. The number of carbonyl (C=O) groups is 1. The van der Waals surface area contributed by atoms with E-state index in [1.54, 1.807) is 14.2 Å². The van der Waals surface area contributed by atoms with Gasteiger partial charge < -0.3 is 14.6 Å². The number of rotatable bonds is 1. The van der Waals surface area contributed by atoms with E-state index in [1.165, 1.54) is 0 Å². The summed E-state index contributed by atoms with van der Waals surface area (Å²) in [5, 5.41) is 22.7. The van der Waals surface area contributed by atoms with E-state index in [0.717, 1.165) is 11.1 Å². The second-order valence-electron chi connectivity index (χ2n) is 7.90. The van der Waals surface area contributed by atoms with Crippen LogP contribution in [-0.4, -0.2) is 59.2 Å². The zero-order chi connectivity index (χ0) is 16.9. The zero-order valence-corrected chi connectivity index (χ0v) is 13.9. The van der Waals surface area contributed by atoms with Gasteiger partial charge >= 0.3 is 0 Å². The number of likely N-dealkylation sites (tertiary alicyclic amines) is 1. The number of carbonyl (C=O) groups excluding carboxylic acids is 1. The van der Waals surface area contributed by atoms with Crippen LogP contribution in [0.25, 0.3) is 0 Å². The molecular weight excluding hydrogens is 310 g/mol. The molecule has 1 saturated heterocycles. The van der Waals surface area contributed by atoms with Crippen molar-refractivity contribution in [2.24, 2.45) is 0 Å². The first-order chi connectivity index (χ1) is 11.3. The lowest BCUT2D eigenvalue weighted by atomic mass is 9.49. The van der Waals surface area contributed by atoms with Gasteiger partial charge in [0.25, 0.3) is 0 Å². The molecule has 0 aromatic heterocycles. The molecule has 1 unspecified atom stereocenters. The van der Waals surface area contributed by atoms with Gasteiger partial charge in [0.2, 0.25) is 0 Å². The summed E-state index contributed by atoms with van der Waals surface area (Å²) in [6.45, 7) is 0.496. The third kappa shape index (κ3) is 1.35. The van der Waals surface area contributed by atoms with Crippen molar-refractivity contribution >= 4 is 5.78 Å². The number of likely N-dealkylation sites (N-methyl/N-ethyl adjacent to an activating group) is 1. The summed E-state index contributed by atoms with van der Waals surface area (Å²) in [7, 11) is 3.34. The lowest BCUT2D eigenvalue weighted by molar-refractivity contribution is -1.12. The Balaban J connectivity index is 1.86. The number of methoxy groups -OCH3 is 1. The Morgan fingerprint density at radius 1 is 1.38 bits per heavy atom. The van der Waals surface area contributed by atoms with Gasteiger partial charge in [-0.2, -0.15) is 4.65 Å². The van der Waals surface area contributed by atoms with Gasteiger partial charge in [0.1, 0.15) is 12.1 Å². The summed E-state index contributed by atoms with van der Waals surface area (Å²) in [4.78, 5) is 12.7. The first kappa shape index (κ1) is 14.7. The molecule has 2 bridgehead atoms. The van der Waals surface area contributed by atoms with E-state index in [9.17, 15) is 15.1 Å². The van der Waals surface area contributed by atoms with Crippen LogP contribution in [0.5, 0.6) is 11.5 Å². The first-order valence-corrected chi connectivity index (χ1v) is 8.55. The zero-order valence-electron chi connectivity index (χ0n) is 13.9. The van der Waals surface area contributed by atoms with Crippen LogP contribution in [0.1, 0.15) is 30.4 Å². The highest BCUT2D eigenvalue weighted by Gasteiger charge is 2.76. The number of hydrogen-bond acceptors (Lipinski definition) is 5. The van der Waals surface area contributed by atoms with E-state index in [-0.39, 0.29) is 22.9 Å². The van der Waals surface area contributed by atoms with Crippen LogP contribution in [0, 0.1) is 0 Å². The highest BCUT2D eigenvalue weighted by molar-refractivity contribution is 5.90. The molecule has 0 radical (unpaired) electrons. The van der Waals surface area contributed by atoms with E-state index in [4.69, 9.17) is 9.47 Å². The van der Waals surface area contributed by atoms with Crippen LogP contribution in [0.4, 0.5) is 0 Å². The number of Topliss-reactive ketones (excluding diaryl/α,β-unsaturated/α-hetero) is 1. The SMILES string of the molecule is COc1ccc2c3c1O[C@H]1C(=O)CC[C@@]4(O)[C@@H](C2)[N+](C)(O)CC[C@]314. The normalized spacial score (nSPS) is 44.8. The molecule has 0 amide bonds. The third-order valence-electron chi connectivity index (χ3n) is 6.97. The Hall–Kier alpha value is -1.63. The maximum absolute atomic E-state index is 12.7. The van der Waals surface area contributed by atoms with Crippen LogP contribution >= 0.6 is 0 Å². The summed E-state index contributed by atoms with van der Waals surface area (Å²) < 4.78 is 11.4. The van der Waals surface area contributed by atoms with Crippen LogP contribution in [0.15, 0.2) is 12.1 Å². The number of piperidine rings is 1. The molecule has 6 nitrogen and oxygen atoms in total. The molecule has 2 fully saturated rings. The molecule has 4 aliphatic rings. The van der Waals surface area contributed by atoms with Crippen LogP contribution in [-0.2, 0) is 16.6 Å². The van der Waals surface area contributed by atoms with Crippen LogP contribution < -0.4 is 9.47 Å². The number of hydroxylamine groups is 3. The molecule has 2 aliphatic carbocycles. The summed E-state index contributed by atoms with van der Waals surface area (Å²) in [6, 6.07) is 3.49. The van der Waals surface area contributed by atoms with E-state index in [2.05, 4.69) is 0 Å². The van der Waals surface area contributed by atoms with Crippen LogP contribution in [0.2, 0.25) is 0 Å². The number of hydrogen-bond donors (Lipinski definition) is 2. The van der Waals surface area contributed by atoms with Crippen molar-refractivity contribution in [3.05, 3.63) is 23.3 Å². The summed E-state index contributed by atoms with van der Waals surface area (Å²) in [5.74, 6) is 1.26. The predicted octanol–water partition coefficient (Wildman–Crippen LogP) is 0.952. The van der Waals surface area contributed by atoms with Crippen molar-refractivity contribution in [3.8, 4) is 11.5 Å². The predicted molar refractivity (Wildman–Crippen MR) is 83.2 cm³/mol. The molecule has 5 atom stereocenters. The molecule has 1 aromatic rings. The van der Waals surface area contributed by atoms with Crippen molar-refractivity contribution in [2.75, 3.05) is 20.7 Å². The molecule has 2 aliphatic heterocycles. The van der Waals surface area contributed by atoms with Gasteiger partial charge in [-0.1, -0.05) is 6.07 Å². The lowest BCUT2D eigenvalue weighted by Crippen LogP contribution is -2.80. The van der Waals surface area contributed by atoms with Crippen molar-refractivity contribution in [1.82, 2.24) is 0 Å². The minimum atomic E-state index is -1.14. The van der Waals surface area contributed by atoms with Gasteiger partial charge in [-0.3, -0.25) is 4.79 Å². The van der Waals surface area contributed by atoms with E-state index in [1.807, 2.05) is 12.1 Å². The highest BCUT2D eigenvalue weighted by atomic mass is 16.6. The molecule has 1 saturated carbocycles. The maximum Gasteiger partial charge on any atom is 0.174 e. The molecule has 24 heavy (non-hydrogen) atoms. The fourth-order valence-electron chi connectivity index (χ4n) is 5.87. The monoisotopic (exact) mass is 332 g/mol. The number of aliphatic hydroxyl groups is 1. The Bertz CT molecular complexity index is 775. The van der Waals surface area contributed by atoms with Crippen molar-refractivity contribution in [3.63, 3.8) is 0 Å². The quantitative estimate of drug-likeness (QED) is 0.749. The highest BCUT2D eigenvalue weighted by Crippen LogP contribution is 2.65. The van der Waals surface area contributed by atoms with E-state index < -0.39 is 17.1 Å². The van der Waals surface area contributed by atoms with E-state index >= 15 is 0 Å². The molecular formula is C18H22NO5+. The molecule has 2 heterocycles. The average Bonchev–Trinajstić information content (AvgIpc) is 2.90. The lowest BCUT2D eigenvalue weighted by Gasteiger charge is -2.61. The molecule has 1 spiro atoms. The van der Waals surface area contributed by atoms with Gasteiger partial charge in [-0.15, -0.1) is 0 Å². The Labute approximate surface area is 140 Å². The molecule has 128 valence electrons. The van der Waals surface area contributed by atoms with E-state index in [0.29, 0.717) is 37.3 Å². The van der Waals surface area contributed by atoms with Gasteiger partial charge in [0.05, 0.1) is 19.6 Å². The van der Waals surface area contributed by atoms with Gasteiger partial charge in [0.15, 0.2) is 29.4 Å². The first-order valence-electron chi connectivity index (χ1n) is 8.55. The number of ketones is 1. The second-order valence-corrected chi connectivity index (χ2v) is 7.90. The fourth-order valence-corrected chi connectivity index (χ4v) is 5.87. The van der Waals surface area contributed by atoms with Crippen molar-refractivity contribution in [2.45, 2.75) is 48.8 Å². The number of ether oxygens (including phenoxy) is 2. The van der Waals surface area contributed by atoms with Gasteiger partial charge in [-0.05, 0) is 18.1 Å². The Morgan fingerprint density at radius 2 is 2.17 bits per heavy atom. The Kier molecular flexibility index (Phi) is 2.52. The maximum atomic E-state index is 12.7. The minimum Gasteiger partial charge on any atom is -0.493 e. The average molecular weight is 332 g/mol. The number of quaternary nitrogens is 1. The minimum absolute atomic E-state index is 0.0403. The summed E-state index contributed by atoms with van der Waals surface area (Å²) in [6.07, 6.45) is 1.08. The molecule has 1 aromatic carbocycles. The number of benzene rings is 1. The van der Waals surface area contributed by atoms with Crippen molar-refractivity contribution in [1.29, 1.82) is 0 Å². The smallest absolute Gasteiger partial charge is 0.174 e. The van der Waals surface area contributed by atoms with Crippen LogP contribution in [0.3, 0.4) is 0 Å². The summed E-state index contributed by atoms with van der Waals surface area (Å²) in [5.41, 5.74) is 0.0946.